The van der Waals surface area contributed by atoms with Crippen LogP contribution in [-0.2, 0) is 11.4 Å². The van der Waals surface area contributed by atoms with Crippen molar-refractivity contribution in [2.45, 2.75) is 20.5 Å². The second kappa shape index (κ2) is 9.84. The Hall–Kier alpha value is -3.16. The Balaban J connectivity index is 1.25. The first-order chi connectivity index (χ1) is 16.9. The van der Waals surface area contributed by atoms with Gasteiger partial charge in [-0.15, -0.1) is 11.3 Å². The minimum absolute atomic E-state index is 0.0947. The van der Waals surface area contributed by atoms with Gasteiger partial charge in [0.1, 0.15) is 30.5 Å². The number of benzene rings is 2. The lowest BCUT2D eigenvalue weighted by Gasteiger charge is -2.23. The first-order valence-electron chi connectivity index (χ1n) is 11.8. The van der Waals surface area contributed by atoms with Crippen LogP contribution in [0.3, 0.4) is 0 Å². The molecule has 0 radical (unpaired) electrons. The predicted octanol–water partition coefficient (Wildman–Crippen LogP) is 5.87. The summed E-state index contributed by atoms with van der Waals surface area (Å²) in [7, 11) is 0. The van der Waals surface area contributed by atoms with Gasteiger partial charge in [-0.1, -0.05) is 37.3 Å². The maximum Gasteiger partial charge on any atom is 0.308 e. The summed E-state index contributed by atoms with van der Waals surface area (Å²) < 4.78 is 26.8. The molecule has 0 spiro atoms. The number of rotatable bonds is 7. The quantitative estimate of drug-likeness (QED) is 0.446. The molecule has 0 saturated carbocycles. The molecule has 1 saturated heterocycles. The number of thiophene rings is 1. The van der Waals surface area contributed by atoms with Gasteiger partial charge in [0.15, 0.2) is 0 Å². The second-order valence-electron chi connectivity index (χ2n) is 9.36. The highest BCUT2D eigenvalue weighted by Crippen LogP contribution is 2.35. The standard InChI is InChI=1S/C28H28FNO4S/c1-17-12-30(14-25(17)28(31)32)13-19-8-24-26(29)9-21(10-27(24)34-15-19)33-16-22-11-23(18(2)35-22)20-6-4-3-5-7-20/h3-11,17,25H,12-16H2,1-2H3,(H,31,32). The average Bonchev–Trinajstić information content (AvgIpc) is 3.40. The molecule has 7 heteroatoms. The third-order valence-corrected chi connectivity index (χ3v) is 7.72. The summed E-state index contributed by atoms with van der Waals surface area (Å²) in [5, 5.41) is 9.36. The Kier molecular flexibility index (Phi) is 6.62. The lowest BCUT2D eigenvalue weighted by Crippen LogP contribution is -2.27. The van der Waals surface area contributed by atoms with Gasteiger partial charge < -0.3 is 14.6 Å². The number of fused-ring (bicyclic) bond motifs is 1. The highest BCUT2D eigenvalue weighted by molar-refractivity contribution is 7.12. The van der Waals surface area contributed by atoms with E-state index in [2.05, 4.69) is 30.0 Å². The molecule has 0 bridgehead atoms. The smallest absolute Gasteiger partial charge is 0.308 e. The van der Waals surface area contributed by atoms with Crippen LogP contribution in [-0.4, -0.2) is 42.2 Å². The zero-order valence-electron chi connectivity index (χ0n) is 19.8. The van der Waals surface area contributed by atoms with Crippen molar-refractivity contribution < 1.29 is 23.8 Å². The second-order valence-corrected chi connectivity index (χ2v) is 10.7. The summed E-state index contributed by atoms with van der Waals surface area (Å²) >= 11 is 1.68. The number of aryl methyl sites for hydroxylation is 1. The third-order valence-electron chi connectivity index (χ3n) is 6.69. The minimum Gasteiger partial charge on any atom is -0.488 e. The van der Waals surface area contributed by atoms with Crippen LogP contribution >= 0.6 is 11.3 Å². The fourth-order valence-electron chi connectivity index (χ4n) is 4.90. The number of carboxylic acid groups (broad SMARTS) is 1. The van der Waals surface area contributed by atoms with Crippen LogP contribution in [0.2, 0.25) is 0 Å². The summed E-state index contributed by atoms with van der Waals surface area (Å²) in [5.74, 6) is -0.513. The van der Waals surface area contributed by atoms with Gasteiger partial charge in [-0.05, 0) is 41.7 Å². The summed E-state index contributed by atoms with van der Waals surface area (Å²) in [6, 6.07) is 15.5. The van der Waals surface area contributed by atoms with Crippen molar-refractivity contribution in [1.29, 1.82) is 0 Å². The molecule has 3 heterocycles. The van der Waals surface area contributed by atoms with E-state index in [9.17, 15) is 14.3 Å². The molecule has 1 N–H and O–H groups in total. The molecule has 0 aliphatic carbocycles. The number of carboxylic acids is 1. The molecular weight excluding hydrogens is 465 g/mol. The summed E-state index contributed by atoms with van der Waals surface area (Å²) in [6.07, 6.45) is 1.82. The van der Waals surface area contributed by atoms with Crippen molar-refractivity contribution in [2.24, 2.45) is 11.8 Å². The Morgan fingerprint density at radius 2 is 2.03 bits per heavy atom. The molecule has 182 valence electrons. The maximum absolute atomic E-state index is 15.0. The van der Waals surface area contributed by atoms with E-state index in [-0.39, 0.29) is 17.7 Å². The van der Waals surface area contributed by atoms with Crippen LogP contribution in [0.25, 0.3) is 17.2 Å². The topological polar surface area (TPSA) is 59.0 Å². The first-order valence-corrected chi connectivity index (χ1v) is 12.6. The van der Waals surface area contributed by atoms with E-state index >= 15 is 0 Å². The molecule has 2 aromatic carbocycles. The van der Waals surface area contributed by atoms with Crippen molar-refractivity contribution >= 4 is 23.4 Å². The van der Waals surface area contributed by atoms with Gasteiger partial charge >= 0.3 is 5.97 Å². The maximum atomic E-state index is 15.0. The van der Waals surface area contributed by atoms with Gasteiger partial charge in [-0.25, -0.2) is 4.39 Å². The monoisotopic (exact) mass is 493 g/mol. The minimum atomic E-state index is -0.758. The number of aliphatic carboxylic acids is 1. The number of likely N-dealkylation sites (tertiary alicyclic amines) is 1. The number of hydrogen-bond acceptors (Lipinski definition) is 5. The Morgan fingerprint density at radius 1 is 1.23 bits per heavy atom. The van der Waals surface area contributed by atoms with Crippen LogP contribution in [0.5, 0.6) is 11.5 Å². The van der Waals surface area contributed by atoms with E-state index in [4.69, 9.17) is 9.47 Å². The Labute approximate surface area is 208 Å². The van der Waals surface area contributed by atoms with Crippen molar-refractivity contribution in [3.05, 3.63) is 75.2 Å². The number of nitrogens with zero attached hydrogens (tertiary/aromatic N) is 1. The predicted molar refractivity (Wildman–Crippen MR) is 135 cm³/mol. The van der Waals surface area contributed by atoms with Gasteiger partial charge in [-0.2, -0.15) is 0 Å². The van der Waals surface area contributed by atoms with Gasteiger partial charge in [0, 0.05) is 41.5 Å². The summed E-state index contributed by atoms with van der Waals surface area (Å²) in [6.45, 7) is 6.55. The molecule has 2 aliphatic heterocycles. The zero-order chi connectivity index (χ0) is 24.5. The molecular formula is C28H28FNO4S. The van der Waals surface area contributed by atoms with E-state index < -0.39 is 5.97 Å². The highest BCUT2D eigenvalue weighted by atomic mass is 32.1. The SMILES string of the molecule is Cc1sc(COc2cc(F)c3c(c2)OCC(CN2CC(C)C(C(=O)O)C2)=C3)cc1-c1ccccc1. The third kappa shape index (κ3) is 5.11. The number of carbonyl (C=O) groups is 1. The van der Waals surface area contributed by atoms with Gasteiger partial charge in [-0.3, -0.25) is 9.69 Å². The van der Waals surface area contributed by atoms with Crippen LogP contribution in [0.1, 0.15) is 22.2 Å². The molecule has 5 rings (SSSR count). The summed E-state index contributed by atoms with van der Waals surface area (Å²) in [5.41, 5.74) is 3.71. The van der Waals surface area contributed by atoms with Crippen molar-refractivity contribution in [3.8, 4) is 22.6 Å². The van der Waals surface area contributed by atoms with Gasteiger partial charge in [0.2, 0.25) is 0 Å². The Morgan fingerprint density at radius 3 is 2.77 bits per heavy atom. The van der Waals surface area contributed by atoms with E-state index in [1.807, 2.05) is 31.2 Å². The van der Waals surface area contributed by atoms with E-state index in [0.717, 1.165) is 10.5 Å². The average molecular weight is 494 g/mol. The molecule has 2 unspecified atom stereocenters. The molecule has 2 aliphatic rings. The largest absolute Gasteiger partial charge is 0.488 e. The van der Waals surface area contributed by atoms with Crippen molar-refractivity contribution in [1.82, 2.24) is 4.90 Å². The van der Waals surface area contributed by atoms with Gasteiger partial charge in [0.05, 0.1) is 11.5 Å². The molecule has 35 heavy (non-hydrogen) atoms. The molecule has 1 fully saturated rings. The molecule has 5 nitrogen and oxygen atoms in total. The molecule has 0 amide bonds. The number of ether oxygens (including phenoxy) is 2. The molecule has 3 aromatic rings. The van der Waals surface area contributed by atoms with Crippen LogP contribution in [0, 0.1) is 24.6 Å². The van der Waals surface area contributed by atoms with E-state index in [1.165, 1.54) is 22.1 Å². The van der Waals surface area contributed by atoms with E-state index in [1.54, 1.807) is 17.4 Å². The van der Waals surface area contributed by atoms with Crippen molar-refractivity contribution in [2.75, 3.05) is 26.2 Å². The first kappa shape index (κ1) is 23.6. The summed E-state index contributed by atoms with van der Waals surface area (Å²) in [4.78, 5) is 15.8. The zero-order valence-corrected chi connectivity index (χ0v) is 20.6. The fraction of sp³-hybridized carbons (Fsp3) is 0.321. The van der Waals surface area contributed by atoms with Crippen LogP contribution in [0.4, 0.5) is 4.39 Å². The Bertz CT molecular complexity index is 1270. The fourth-order valence-corrected chi connectivity index (χ4v) is 5.87. The molecule has 1 aromatic heterocycles. The van der Waals surface area contributed by atoms with E-state index in [0.29, 0.717) is 49.9 Å². The number of halogens is 1. The van der Waals surface area contributed by atoms with Crippen molar-refractivity contribution in [3.63, 3.8) is 0 Å². The van der Waals surface area contributed by atoms with Gasteiger partial charge in [0.25, 0.3) is 0 Å². The molecule has 2 atom stereocenters. The highest BCUT2D eigenvalue weighted by Gasteiger charge is 2.35. The van der Waals surface area contributed by atoms with Crippen LogP contribution in [0.15, 0.2) is 54.1 Å². The lowest BCUT2D eigenvalue weighted by molar-refractivity contribution is -0.142. The van der Waals surface area contributed by atoms with Crippen LogP contribution < -0.4 is 9.47 Å². The normalized spacial score (nSPS) is 19.7. The lowest BCUT2D eigenvalue weighted by atomic mass is 9.99. The number of hydrogen-bond donors (Lipinski definition) is 1.